The Hall–Kier alpha value is -4.13. The lowest BCUT2D eigenvalue weighted by Gasteiger charge is -2.40. The smallest absolute Gasteiger partial charge is 0.384 e. The van der Waals surface area contributed by atoms with Crippen molar-refractivity contribution in [3.05, 3.63) is 92.4 Å². The molecule has 2 N–H and O–H groups in total. The number of non-ortho nitro benzene ring substituents is 1. The second-order valence-corrected chi connectivity index (χ2v) is 7.68. The number of carbonyl (C=O) groups is 1. The van der Waals surface area contributed by atoms with Crippen LogP contribution in [0, 0.1) is 21.4 Å². The van der Waals surface area contributed by atoms with E-state index in [1.807, 2.05) is 6.07 Å². The molecule has 2 aromatic rings. The molecule has 0 amide bonds. The van der Waals surface area contributed by atoms with Crippen LogP contribution in [-0.4, -0.2) is 10.7 Å². The summed E-state index contributed by atoms with van der Waals surface area (Å²) >= 11 is 0. The molecule has 0 saturated heterocycles. The van der Waals surface area contributed by atoms with E-state index in [0.29, 0.717) is 18.5 Å². The number of nitro groups is 1. The number of nitrogens with zero attached hydrogens (tertiary/aromatic N) is 3. The van der Waals surface area contributed by atoms with Crippen LogP contribution < -0.4 is 10.6 Å². The molecule has 0 spiro atoms. The van der Waals surface area contributed by atoms with Gasteiger partial charge in [-0.05, 0) is 30.5 Å². The van der Waals surface area contributed by atoms with Gasteiger partial charge in [-0.25, -0.2) is 0 Å². The number of Topliss-reactive ketones (excluding diaryl/α,β-unsaturated/α-hetero) is 1. The molecule has 168 valence electrons. The van der Waals surface area contributed by atoms with E-state index in [4.69, 9.17) is 5.73 Å². The maximum absolute atomic E-state index is 13.8. The van der Waals surface area contributed by atoms with E-state index in [1.54, 1.807) is 0 Å². The van der Waals surface area contributed by atoms with Gasteiger partial charge in [0.25, 0.3) is 5.69 Å². The van der Waals surface area contributed by atoms with Crippen molar-refractivity contribution in [1.82, 2.24) is 0 Å². The van der Waals surface area contributed by atoms with E-state index in [1.165, 1.54) is 47.4 Å². The molecule has 4 rings (SSSR count). The van der Waals surface area contributed by atoms with Crippen LogP contribution in [0.4, 0.5) is 24.5 Å². The zero-order valence-electron chi connectivity index (χ0n) is 17.1. The molecule has 2 aromatic carbocycles. The third-order valence-corrected chi connectivity index (χ3v) is 5.79. The van der Waals surface area contributed by atoms with Gasteiger partial charge < -0.3 is 5.73 Å². The molecule has 1 aliphatic heterocycles. The van der Waals surface area contributed by atoms with Crippen molar-refractivity contribution >= 4 is 17.2 Å². The number of alkyl halides is 3. The van der Waals surface area contributed by atoms with Gasteiger partial charge in [-0.3, -0.25) is 19.8 Å². The number of nitro benzene ring substituents is 1. The lowest BCUT2D eigenvalue weighted by molar-refractivity contribution is -0.384. The third-order valence-electron chi connectivity index (χ3n) is 5.79. The highest BCUT2D eigenvalue weighted by Gasteiger charge is 2.44. The summed E-state index contributed by atoms with van der Waals surface area (Å²) in [7, 11) is 0. The Morgan fingerprint density at radius 3 is 2.55 bits per heavy atom. The van der Waals surface area contributed by atoms with E-state index in [-0.39, 0.29) is 46.1 Å². The Morgan fingerprint density at radius 2 is 1.88 bits per heavy atom. The molecule has 1 atom stereocenters. The van der Waals surface area contributed by atoms with Gasteiger partial charge in [-0.15, -0.1) is 0 Å². The molecule has 0 radical (unpaired) electrons. The summed E-state index contributed by atoms with van der Waals surface area (Å²) in [6.45, 7) is 0. The van der Waals surface area contributed by atoms with Gasteiger partial charge in [0.15, 0.2) is 5.78 Å². The molecule has 0 bridgehead atoms. The summed E-state index contributed by atoms with van der Waals surface area (Å²) in [5.74, 6) is -1.83. The Labute approximate surface area is 186 Å². The summed E-state index contributed by atoms with van der Waals surface area (Å²) < 4.78 is 41.4. The quantitative estimate of drug-likeness (QED) is 0.520. The van der Waals surface area contributed by atoms with Gasteiger partial charge in [-0.1, -0.05) is 24.3 Å². The normalized spacial score (nSPS) is 18.8. The average Bonchev–Trinajstić information content (AvgIpc) is 2.78. The van der Waals surface area contributed by atoms with Gasteiger partial charge in [0.05, 0.1) is 33.7 Å². The summed E-state index contributed by atoms with van der Waals surface area (Å²) in [6, 6.07) is 12.2. The third kappa shape index (κ3) is 3.71. The number of hydrogen-bond acceptors (Lipinski definition) is 6. The largest absolute Gasteiger partial charge is 0.416 e. The van der Waals surface area contributed by atoms with Gasteiger partial charge in [-0.2, -0.15) is 18.4 Å². The lowest BCUT2D eigenvalue weighted by atomic mass is 9.74. The minimum absolute atomic E-state index is 0.0650. The molecule has 1 heterocycles. The number of carbonyl (C=O) groups excluding carboxylic acids is 1. The van der Waals surface area contributed by atoms with Crippen molar-refractivity contribution in [2.24, 2.45) is 5.73 Å². The molecule has 10 heteroatoms. The molecule has 0 unspecified atom stereocenters. The molecule has 0 fully saturated rings. The second kappa shape index (κ2) is 8.09. The number of allylic oxidation sites excluding steroid dienone is 3. The van der Waals surface area contributed by atoms with Gasteiger partial charge in [0, 0.05) is 29.8 Å². The zero-order chi connectivity index (χ0) is 23.9. The number of rotatable bonds is 3. The summed E-state index contributed by atoms with van der Waals surface area (Å²) in [6.07, 6.45) is -3.84. The number of halogens is 3. The Bertz CT molecular complexity index is 1270. The van der Waals surface area contributed by atoms with Gasteiger partial charge in [0.1, 0.15) is 5.82 Å². The summed E-state index contributed by atoms with van der Waals surface area (Å²) in [5, 5.41) is 21.2. The molecular formula is C23H17F3N4O3. The first kappa shape index (κ1) is 22.1. The predicted molar refractivity (Wildman–Crippen MR) is 112 cm³/mol. The minimum atomic E-state index is -4.71. The first-order chi connectivity index (χ1) is 15.6. The predicted octanol–water partition coefficient (Wildman–Crippen LogP) is 4.92. The van der Waals surface area contributed by atoms with Crippen LogP contribution in [0.2, 0.25) is 0 Å². The highest BCUT2D eigenvalue weighted by molar-refractivity contribution is 6.01. The fourth-order valence-corrected chi connectivity index (χ4v) is 4.44. The zero-order valence-corrected chi connectivity index (χ0v) is 17.1. The standard InChI is InChI=1S/C23H17F3N4O3/c24-23(25,26)17-8-2-1-7-15(17)20-16(12-27)22(28)29(18-9-4-10-19(31)21(18)20)13-5-3-6-14(11-13)30(32)33/h1-3,5-8,11,20H,4,9-10,28H2/t20-/m0/s1. The van der Waals surface area contributed by atoms with Crippen molar-refractivity contribution < 1.29 is 22.9 Å². The first-order valence-electron chi connectivity index (χ1n) is 10.0. The lowest BCUT2D eigenvalue weighted by Crippen LogP contribution is -2.39. The van der Waals surface area contributed by atoms with E-state index in [0.717, 1.165) is 6.07 Å². The van der Waals surface area contributed by atoms with Gasteiger partial charge >= 0.3 is 6.18 Å². The average molecular weight is 454 g/mol. The van der Waals surface area contributed by atoms with Crippen LogP contribution >= 0.6 is 0 Å². The van der Waals surface area contributed by atoms with Crippen LogP contribution in [0.1, 0.15) is 36.3 Å². The van der Waals surface area contributed by atoms with Crippen LogP contribution in [0.25, 0.3) is 0 Å². The fourth-order valence-electron chi connectivity index (χ4n) is 4.44. The SMILES string of the molecule is N#CC1=C(N)N(c2cccc([N+](=O)[O-])c2)C2=C(C(=O)CCC2)[C@H]1c1ccccc1C(F)(F)F. The molecule has 0 aromatic heterocycles. The van der Waals surface area contributed by atoms with E-state index in [2.05, 4.69) is 0 Å². The van der Waals surface area contributed by atoms with E-state index < -0.39 is 22.6 Å². The number of anilines is 1. The van der Waals surface area contributed by atoms with Crippen molar-refractivity contribution in [3.63, 3.8) is 0 Å². The highest BCUT2D eigenvalue weighted by Crippen LogP contribution is 2.49. The number of ketones is 1. The second-order valence-electron chi connectivity index (χ2n) is 7.68. The van der Waals surface area contributed by atoms with E-state index >= 15 is 0 Å². The molecule has 7 nitrogen and oxygen atoms in total. The van der Waals surface area contributed by atoms with Crippen molar-refractivity contribution in [2.45, 2.75) is 31.4 Å². The van der Waals surface area contributed by atoms with Crippen molar-refractivity contribution in [2.75, 3.05) is 4.90 Å². The summed E-state index contributed by atoms with van der Waals surface area (Å²) in [4.78, 5) is 25.1. The number of benzene rings is 2. The maximum Gasteiger partial charge on any atom is 0.416 e. The first-order valence-corrected chi connectivity index (χ1v) is 10.0. The van der Waals surface area contributed by atoms with E-state index in [9.17, 15) is 33.3 Å². The number of hydrogen-bond donors (Lipinski definition) is 1. The van der Waals surface area contributed by atoms with Crippen LogP contribution in [0.15, 0.2) is 71.2 Å². The van der Waals surface area contributed by atoms with Crippen molar-refractivity contribution in [1.29, 1.82) is 5.26 Å². The summed E-state index contributed by atoms with van der Waals surface area (Å²) in [5.41, 5.74) is 5.35. The van der Waals surface area contributed by atoms with Crippen LogP contribution in [0.5, 0.6) is 0 Å². The van der Waals surface area contributed by atoms with Gasteiger partial charge in [0.2, 0.25) is 0 Å². The molecular weight excluding hydrogens is 437 g/mol. The maximum atomic E-state index is 13.8. The number of nitrogens with two attached hydrogens (primary N) is 1. The molecule has 1 aliphatic carbocycles. The Morgan fingerprint density at radius 1 is 1.15 bits per heavy atom. The minimum Gasteiger partial charge on any atom is -0.384 e. The highest BCUT2D eigenvalue weighted by atomic mass is 19.4. The van der Waals surface area contributed by atoms with Crippen molar-refractivity contribution in [3.8, 4) is 6.07 Å². The van der Waals surface area contributed by atoms with Crippen LogP contribution in [0.3, 0.4) is 0 Å². The molecule has 2 aliphatic rings. The molecule has 0 saturated carbocycles. The Balaban J connectivity index is 2.01. The fraction of sp³-hybridized carbons (Fsp3) is 0.217. The monoisotopic (exact) mass is 454 g/mol. The Kier molecular flexibility index (Phi) is 5.41. The number of nitriles is 1. The molecule has 33 heavy (non-hydrogen) atoms. The topological polar surface area (TPSA) is 113 Å². The van der Waals surface area contributed by atoms with Crippen LogP contribution in [-0.2, 0) is 11.0 Å².